The molecule has 0 unspecified atom stereocenters. The molecule has 0 amide bonds. The molecule has 86 valence electrons. The highest BCUT2D eigenvalue weighted by Gasteiger charge is 2.09. The smallest absolute Gasteiger partial charge is 0.335 e. The van der Waals surface area contributed by atoms with Crippen molar-refractivity contribution in [1.29, 1.82) is 0 Å². The van der Waals surface area contributed by atoms with Crippen LogP contribution in [0.2, 0.25) is 0 Å². The SMILES string of the molecule is O=C(O)c1ccc(O)c(-c2cccc(Br)c2)c1. The number of hydrogen-bond donors (Lipinski definition) is 2. The topological polar surface area (TPSA) is 57.5 Å². The van der Waals surface area contributed by atoms with Crippen LogP contribution in [0, 0.1) is 0 Å². The summed E-state index contributed by atoms with van der Waals surface area (Å²) in [5.74, 6) is -0.950. The van der Waals surface area contributed by atoms with Crippen molar-refractivity contribution < 1.29 is 15.0 Å². The molecule has 0 spiro atoms. The fraction of sp³-hybridized carbons (Fsp3) is 0. The Labute approximate surface area is 106 Å². The monoisotopic (exact) mass is 292 g/mol. The molecule has 2 aromatic rings. The standard InChI is InChI=1S/C13H9BrO3/c14-10-3-1-2-8(6-10)11-7-9(13(16)17)4-5-12(11)15/h1-7,15H,(H,16,17). The molecule has 0 heterocycles. The lowest BCUT2D eigenvalue weighted by Crippen LogP contribution is -1.96. The molecule has 0 bridgehead atoms. The zero-order chi connectivity index (χ0) is 12.4. The lowest BCUT2D eigenvalue weighted by molar-refractivity contribution is 0.0697. The van der Waals surface area contributed by atoms with Crippen LogP contribution in [0.25, 0.3) is 11.1 Å². The maximum atomic E-state index is 10.9. The van der Waals surface area contributed by atoms with Gasteiger partial charge in [-0.25, -0.2) is 4.79 Å². The number of hydrogen-bond acceptors (Lipinski definition) is 2. The first-order valence-electron chi connectivity index (χ1n) is 4.90. The normalized spacial score (nSPS) is 10.2. The lowest BCUT2D eigenvalue weighted by atomic mass is 10.0. The number of aromatic carboxylic acids is 1. The summed E-state index contributed by atoms with van der Waals surface area (Å²) < 4.78 is 0.870. The van der Waals surface area contributed by atoms with Crippen LogP contribution in [0.15, 0.2) is 46.9 Å². The number of phenolic OH excluding ortho intramolecular Hbond substituents is 1. The Hall–Kier alpha value is -1.81. The van der Waals surface area contributed by atoms with Crippen LogP contribution in [-0.4, -0.2) is 16.2 Å². The minimum atomic E-state index is -1.01. The fourth-order valence-corrected chi connectivity index (χ4v) is 1.96. The van der Waals surface area contributed by atoms with Crippen molar-refractivity contribution in [2.75, 3.05) is 0 Å². The van der Waals surface area contributed by atoms with Crippen LogP contribution in [0.5, 0.6) is 5.75 Å². The molecule has 0 aliphatic rings. The van der Waals surface area contributed by atoms with Crippen molar-refractivity contribution in [3.05, 3.63) is 52.5 Å². The summed E-state index contributed by atoms with van der Waals surface area (Å²) in [6, 6.07) is 11.5. The van der Waals surface area contributed by atoms with Crippen molar-refractivity contribution in [2.45, 2.75) is 0 Å². The molecule has 2 N–H and O–H groups in total. The Morgan fingerprint density at radius 3 is 2.53 bits per heavy atom. The Morgan fingerprint density at radius 2 is 1.88 bits per heavy atom. The van der Waals surface area contributed by atoms with E-state index in [1.165, 1.54) is 18.2 Å². The number of halogens is 1. The molecule has 0 radical (unpaired) electrons. The third kappa shape index (κ3) is 2.47. The summed E-state index contributed by atoms with van der Waals surface area (Å²) in [6.45, 7) is 0. The average Bonchev–Trinajstić information content (AvgIpc) is 2.29. The molecule has 17 heavy (non-hydrogen) atoms. The maximum Gasteiger partial charge on any atom is 0.335 e. The molecule has 0 atom stereocenters. The minimum absolute atomic E-state index is 0.0631. The van der Waals surface area contributed by atoms with Gasteiger partial charge in [-0.3, -0.25) is 0 Å². The van der Waals surface area contributed by atoms with Crippen LogP contribution in [0.4, 0.5) is 0 Å². The number of benzene rings is 2. The zero-order valence-electron chi connectivity index (χ0n) is 8.72. The predicted octanol–water partition coefficient (Wildman–Crippen LogP) is 3.52. The highest BCUT2D eigenvalue weighted by Crippen LogP contribution is 2.31. The van der Waals surface area contributed by atoms with Gasteiger partial charge in [0, 0.05) is 10.0 Å². The first-order valence-corrected chi connectivity index (χ1v) is 5.69. The Bertz CT molecular complexity index is 579. The Kier molecular flexibility index (Phi) is 3.15. The first-order chi connectivity index (χ1) is 8.08. The van der Waals surface area contributed by atoms with E-state index in [0.29, 0.717) is 5.56 Å². The number of phenols is 1. The molecule has 0 aromatic heterocycles. The number of carboxylic acid groups (broad SMARTS) is 1. The van der Waals surface area contributed by atoms with E-state index in [1.54, 1.807) is 0 Å². The largest absolute Gasteiger partial charge is 0.507 e. The van der Waals surface area contributed by atoms with E-state index >= 15 is 0 Å². The lowest BCUT2D eigenvalue weighted by Gasteiger charge is -2.06. The van der Waals surface area contributed by atoms with Crippen LogP contribution >= 0.6 is 15.9 Å². The maximum absolute atomic E-state index is 10.9. The summed E-state index contributed by atoms with van der Waals surface area (Å²) >= 11 is 3.33. The van der Waals surface area contributed by atoms with Crippen molar-refractivity contribution in [3.8, 4) is 16.9 Å². The van der Waals surface area contributed by atoms with E-state index in [4.69, 9.17) is 5.11 Å². The van der Waals surface area contributed by atoms with Gasteiger partial charge in [0.15, 0.2) is 0 Å². The Morgan fingerprint density at radius 1 is 1.12 bits per heavy atom. The molecule has 4 heteroatoms. The van der Waals surface area contributed by atoms with E-state index in [2.05, 4.69) is 15.9 Å². The molecular weight excluding hydrogens is 284 g/mol. The van der Waals surface area contributed by atoms with Gasteiger partial charge in [-0.05, 0) is 35.9 Å². The van der Waals surface area contributed by atoms with E-state index in [1.807, 2.05) is 24.3 Å². The van der Waals surface area contributed by atoms with Gasteiger partial charge in [0.25, 0.3) is 0 Å². The number of aromatic hydroxyl groups is 1. The fourth-order valence-electron chi connectivity index (χ4n) is 1.56. The van der Waals surface area contributed by atoms with Gasteiger partial charge >= 0.3 is 5.97 Å². The van der Waals surface area contributed by atoms with Gasteiger partial charge in [0.2, 0.25) is 0 Å². The molecule has 3 nitrogen and oxygen atoms in total. The summed E-state index contributed by atoms with van der Waals surface area (Å²) in [5, 5.41) is 18.7. The van der Waals surface area contributed by atoms with Crippen LogP contribution in [0.1, 0.15) is 10.4 Å². The number of carboxylic acids is 1. The predicted molar refractivity (Wildman–Crippen MR) is 68.2 cm³/mol. The quantitative estimate of drug-likeness (QED) is 0.890. The second-order valence-electron chi connectivity index (χ2n) is 3.55. The van der Waals surface area contributed by atoms with Crippen molar-refractivity contribution in [2.24, 2.45) is 0 Å². The third-order valence-corrected chi connectivity index (χ3v) is 2.87. The van der Waals surface area contributed by atoms with E-state index in [-0.39, 0.29) is 11.3 Å². The van der Waals surface area contributed by atoms with Gasteiger partial charge in [0.1, 0.15) is 5.75 Å². The summed E-state index contributed by atoms with van der Waals surface area (Å²) in [5.41, 5.74) is 1.42. The van der Waals surface area contributed by atoms with E-state index < -0.39 is 5.97 Å². The molecular formula is C13H9BrO3. The van der Waals surface area contributed by atoms with Gasteiger partial charge in [-0.2, -0.15) is 0 Å². The zero-order valence-corrected chi connectivity index (χ0v) is 10.3. The van der Waals surface area contributed by atoms with Gasteiger partial charge in [-0.1, -0.05) is 28.1 Å². The summed E-state index contributed by atoms with van der Waals surface area (Å²) in [4.78, 5) is 10.9. The number of rotatable bonds is 2. The summed E-state index contributed by atoms with van der Waals surface area (Å²) in [7, 11) is 0. The molecule has 2 rings (SSSR count). The second kappa shape index (κ2) is 4.59. The molecule has 0 aliphatic carbocycles. The van der Waals surface area contributed by atoms with Gasteiger partial charge in [0.05, 0.1) is 5.56 Å². The number of carbonyl (C=O) groups is 1. The van der Waals surface area contributed by atoms with Crippen LogP contribution in [0.3, 0.4) is 0 Å². The highest BCUT2D eigenvalue weighted by atomic mass is 79.9. The van der Waals surface area contributed by atoms with Crippen LogP contribution < -0.4 is 0 Å². The van der Waals surface area contributed by atoms with E-state index in [0.717, 1.165) is 10.0 Å². The van der Waals surface area contributed by atoms with Crippen molar-refractivity contribution >= 4 is 21.9 Å². The molecule has 0 aliphatic heterocycles. The van der Waals surface area contributed by atoms with E-state index in [9.17, 15) is 9.90 Å². The third-order valence-electron chi connectivity index (χ3n) is 2.38. The average molecular weight is 293 g/mol. The highest BCUT2D eigenvalue weighted by molar-refractivity contribution is 9.10. The minimum Gasteiger partial charge on any atom is -0.507 e. The molecule has 2 aromatic carbocycles. The van der Waals surface area contributed by atoms with Crippen molar-refractivity contribution in [3.63, 3.8) is 0 Å². The molecule has 0 saturated heterocycles. The van der Waals surface area contributed by atoms with Crippen LogP contribution in [-0.2, 0) is 0 Å². The van der Waals surface area contributed by atoms with Gasteiger partial charge in [-0.15, -0.1) is 0 Å². The Balaban J connectivity index is 2.58. The summed E-state index contributed by atoms with van der Waals surface area (Å²) in [6.07, 6.45) is 0. The van der Waals surface area contributed by atoms with Crippen molar-refractivity contribution in [1.82, 2.24) is 0 Å². The molecule has 0 fully saturated rings. The molecule has 0 saturated carbocycles. The van der Waals surface area contributed by atoms with Gasteiger partial charge < -0.3 is 10.2 Å². The first kappa shape index (κ1) is 11.7. The second-order valence-corrected chi connectivity index (χ2v) is 4.46.